The van der Waals surface area contributed by atoms with Crippen LogP contribution in [0.15, 0.2) is 48.5 Å². The lowest BCUT2D eigenvalue weighted by atomic mass is 10.1. The van der Waals surface area contributed by atoms with Crippen LogP contribution in [-0.2, 0) is 19.4 Å². The summed E-state index contributed by atoms with van der Waals surface area (Å²) < 4.78 is 27.6. The highest BCUT2D eigenvalue weighted by Gasteiger charge is 2.18. The predicted octanol–water partition coefficient (Wildman–Crippen LogP) is 5.39. The zero-order chi connectivity index (χ0) is 19.3. The number of rotatable bonds is 8. The number of benzene rings is 2. The van der Waals surface area contributed by atoms with Crippen LogP contribution in [0.25, 0.3) is 11.4 Å². The lowest BCUT2D eigenvalue weighted by Crippen LogP contribution is -2.07. The van der Waals surface area contributed by atoms with Crippen molar-refractivity contribution in [1.82, 2.24) is 9.55 Å². The molecule has 1 aliphatic rings. The van der Waals surface area contributed by atoms with Crippen LogP contribution in [0, 0.1) is 5.95 Å². The van der Waals surface area contributed by atoms with E-state index in [1.54, 1.807) is 0 Å². The predicted molar refractivity (Wildman–Crippen MR) is 107 cm³/mol. The Morgan fingerprint density at radius 1 is 1.00 bits per heavy atom. The Morgan fingerprint density at radius 2 is 1.82 bits per heavy atom. The van der Waals surface area contributed by atoms with Crippen LogP contribution in [-0.4, -0.2) is 16.3 Å². The second kappa shape index (κ2) is 8.46. The highest BCUT2D eigenvalue weighted by Crippen LogP contribution is 2.33. The lowest BCUT2D eigenvalue weighted by Gasteiger charge is -2.12. The minimum Gasteiger partial charge on any atom is -0.454 e. The lowest BCUT2D eigenvalue weighted by molar-refractivity contribution is 0.174. The van der Waals surface area contributed by atoms with Crippen molar-refractivity contribution in [3.63, 3.8) is 0 Å². The number of unbranched alkanes of at least 4 members (excludes halogenated alkanes) is 1. The van der Waals surface area contributed by atoms with Gasteiger partial charge in [0, 0.05) is 12.1 Å². The molecule has 3 aromatic rings. The number of fused-ring (bicyclic) bond motifs is 1. The van der Waals surface area contributed by atoms with E-state index in [2.05, 4.69) is 16.5 Å². The number of aromatic nitrogens is 2. The molecule has 146 valence electrons. The first-order valence-electron chi connectivity index (χ1n) is 9.95. The van der Waals surface area contributed by atoms with Crippen molar-refractivity contribution in [2.75, 3.05) is 6.79 Å². The van der Waals surface area contributed by atoms with Gasteiger partial charge in [-0.3, -0.25) is 0 Å². The number of hydrogen-bond donors (Lipinski definition) is 0. The SMILES string of the molecule is CCCCn1c(-c2ccccc2)nc(F)c1CCCc1ccc2c(c1)OCO2. The van der Waals surface area contributed by atoms with Crippen molar-refractivity contribution in [2.45, 2.75) is 45.6 Å². The van der Waals surface area contributed by atoms with E-state index in [1.807, 2.05) is 48.5 Å². The van der Waals surface area contributed by atoms with Gasteiger partial charge >= 0.3 is 0 Å². The second-order valence-corrected chi connectivity index (χ2v) is 7.09. The first kappa shape index (κ1) is 18.5. The summed E-state index contributed by atoms with van der Waals surface area (Å²) in [6.07, 6.45) is 4.43. The molecule has 1 aliphatic heterocycles. The van der Waals surface area contributed by atoms with Gasteiger partial charge in [-0.2, -0.15) is 9.37 Å². The molecule has 4 rings (SSSR count). The fraction of sp³-hybridized carbons (Fsp3) is 0.348. The number of imidazole rings is 1. The summed E-state index contributed by atoms with van der Waals surface area (Å²) in [5.74, 6) is 1.97. The Bertz CT molecular complexity index is 937. The van der Waals surface area contributed by atoms with Gasteiger partial charge in [-0.25, -0.2) is 0 Å². The average Bonchev–Trinajstić information content (AvgIpc) is 3.31. The molecule has 0 spiro atoms. The third kappa shape index (κ3) is 3.88. The van der Waals surface area contributed by atoms with Crippen molar-refractivity contribution in [2.24, 2.45) is 0 Å². The van der Waals surface area contributed by atoms with Crippen LogP contribution in [0.4, 0.5) is 4.39 Å². The first-order chi connectivity index (χ1) is 13.8. The van der Waals surface area contributed by atoms with E-state index in [0.29, 0.717) is 12.1 Å². The molecule has 0 saturated heterocycles. The molecule has 0 atom stereocenters. The van der Waals surface area contributed by atoms with Gasteiger partial charge in [0.05, 0.1) is 5.69 Å². The van der Waals surface area contributed by atoms with Crippen molar-refractivity contribution >= 4 is 0 Å². The van der Waals surface area contributed by atoms with Gasteiger partial charge in [-0.1, -0.05) is 49.7 Å². The molecule has 0 radical (unpaired) electrons. The van der Waals surface area contributed by atoms with Crippen LogP contribution >= 0.6 is 0 Å². The highest BCUT2D eigenvalue weighted by atomic mass is 19.1. The number of ether oxygens (including phenoxy) is 2. The summed E-state index contributed by atoms with van der Waals surface area (Å²) in [6, 6.07) is 15.9. The number of nitrogens with zero attached hydrogens (tertiary/aromatic N) is 2. The zero-order valence-electron chi connectivity index (χ0n) is 16.2. The van der Waals surface area contributed by atoms with Crippen LogP contribution in [0.5, 0.6) is 11.5 Å². The molecule has 5 heteroatoms. The summed E-state index contributed by atoms with van der Waals surface area (Å²) >= 11 is 0. The van der Waals surface area contributed by atoms with Crippen molar-refractivity contribution < 1.29 is 13.9 Å². The normalized spacial score (nSPS) is 12.5. The molecule has 2 aromatic carbocycles. The van der Waals surface area contributed by atoms with Gasteiger partial charge in [-0.05, 0) is 43.4 Å². The minimum absolute atomic E-state index is 0.281. The molecule has 2 heterocycles. The van der Waals surface area contributed by atoms with E-state index < -0.39 is 0 Å². The molecule has 0 bridgehead atoms. The highest BCUT2D eigenvalue weighted by molar-refractivity contribution is 5.56. The summed E-state index contributed by atoms with van der Waals surface area (Å²) in [6.45, 7) is 3.22. The fourth-order valence-electron chi connectivity index (χ4n) is 3.62. The van der Waals surface area contributed by atoms with Gasteiger partial charge < -0.3 is 14.0 Å². The summed E-state index contributed by atoms with van der Waals surface area (Å²) in [5, 5.41) is 0. The third-order valence-corrected chi connectivity index (χ3v) is 5.11. The second-order valence-electron chi connectivity index (χ2n) is 7.09. The standard InChI is InChI=1S/C23H25FN2O2/c1-2-3-14-26-19(22(24)25-23(26)18-9-5-4-6-10-18)11-7-8-17-12-13-20-21(15-17)28-16-27-20/h4-6,9-10,12-13,15H,2-3,7-8,11,14,16H2,1H3. The molecule has 0 amide bonds. The van der Waals surface area contributed by atoms with E-state index in [-0.39, 0.29) is 12.7 Å². The molecule has 1 aromatic heterocycles. The van der Waals surface area contributed by atoms with Crippen LogP contribution in [0.2, 0.25) is 0 Å². The molecular formula is C23H25FN2O2. The largest absolute Gasteiger partial charge is 0.454 e. The quantitative estimate of drug-likeness (QED) is 0.525. The number of hydrogen-bond acceptors (Lipinski definition) is 3. The summed E-state index contributed by atoms with van der Waals surface area (Å²) in [4.78, 5) is 4.27. The van der Waals surface area contributed by atoms with E-state index in [0.717, 1.165) is 55.1 Å². The van der Waals surface area contributed by atoms with Crippen LogP contribution in [0.1, 0.15) is 37.4 Å². The van der Waals surface area contributed by atoms with Crippen LogP contribution < -0.4 is 9.47 Å². The Balaban J connectivity index is 1.51. The van der Waals surface area contributed by atoms with Gasteiger partial charge in [0.1, 0.15) is 5.82 Å². The minimum atomic E-state index is -0.347. The molecule has 4 nitrogen and oxygen atoms in total. The molecule has 0 saturated carbocycles. The first-order valence-corrected chi connectivity index (χ1v) is 9.95. The van der Waals surface area contributed by atoms with Crippen molar-refractivity contribution in [3.8, 4) is 22.9 Å². The summed E-state index contributed by atoms with van der Waals surface area (Å²) in [5.41, 5.74) is 2.83. The Morgan fingerprint density at radius 3 is 2.64 bits per heavy atom. The summed E-state index contributed by atoms with van der Waals surface area (Å²) in [7, 11) is 0. The van der Waals surface area contributed by atoms with E-state index in [1.165, 1.54) is 5.56 Å². The maximum Gasteiger partial charge on any atom is 0.234 e. The average molecular weight is 380 g/mol. The fourth-order valence-corrected chi connectivity index (χ4v) is 3.62. The molecule has 0 unspecified atom stereocenters. The molecule has 0 aliphatic carbocycles. The topological polar surface area (TPSA) is 36.3 Å². The van der Waals surface area contributed by atoms with Crippen LogP contribution in [0.3, 0.4) is 0 Å². The van der Waals surface area contributed by atoms with Crippen molar-refractivity contribution in [3.05, 3.63) is 65.7 Å². The van der Waals surface area contributed by atoms with E-state index in [9.17, 15) is 4.39 Å². The van der Waals surface area contributed by atoms with Crippen molar-refractivity contribution in [1.29, 1.82) is 0 Å². The monoisotopic (exact) mass is 380 g/mol. The number of aryl methyl sites for hydroxylation is 1. The van der Waals surface area contributed by atoms with Gasteiger partial charge in [-0.15, -0.1) is 0 Å². The van der Waals surface area contributed by atoms with E-state index in [4.69, 9.17) is 9.47 Å². The zero-order valence-corrected chi connectivity index (χ0v) is 16.2. The number of halogens is 1. The maximum absolute atomic E-state index is 14.7. The van der Waals surface area contributed by atoms with E-state index >= 15 is 0 Å². The van der Waals surface area contributed by atoms with Gasteiger partial charge in [0.2, 0.25) is 12.7 Å². The Kier molecular flexibility index (Phi) is 5.60. The molecule has 0 N–H and O–H groups in total. The molecule has 0 fully saturated rings. The third-order valence-electron chi connectivity index (χ3n) is 5.11. The Labute approximate surface area is 164 Å². The van der Waals surface area contributed by atoms with Gasteiger partial charge in [0.25, 0.3) is 0 Å². The smallest absolute Gasteiger partial charge is 0.234 e. The Hall–Kier alpha value is -2.82. The maximum atomic E-state index is 14.7. The molecular weight excluding hydrogens is 355 g/mol. The molecule has 28 heavy (non-hydrogen) atoms. The van der Waals surface area contributed by atoms with Gasteiger partial charge in [0.15, 0.2) is 11.5 Å².